The second-order valence-corrected chi connectivity index (χ2v) is 8.06. The summed E-state index contributed by atoms with van der Waals surface area (Å²) in [6, 6.07) is 30.8. The maximum Gasteiger partial charge on any atom is 0.121 e. The van der Waals surface area contributed by atoms with Crippen molar-refractivity contribution in [2.75, 3.05) is 31.1 Å². The van der Waals surface area contributed by atoms with Crippen LogP contribution in [-0.4, -0.2) is 41.0 Å². The molecule has 0 spiro atoms. The second-order valence-electron chi connectivity index (χ2n) is 8.06. The lowest BCUT2D eigenvalue weighted by Gasteiger charge is -2.35. The fourth-order valence-electron chi connectivity index (χ4n) is 4.24. The topological polar surface area (TPSA) is 59.0 Å². The summed E-state index contributed by atoms with van der Waals surface area (Å²) < 4.78 is 0. The van der Waals surface area contributed by atoms with E-state index in [4.69, 9.17) is 10.2 Å². The predicted octanol–water partition coefficient (Wildman–Crippen LogP) is 4.94. The van der Waals surface area contributed by atoms with Crippen LogP contribution < -0.4 is 4.90 Å². The number of H-pyrrole nitrogens is 1. The van der Waals surface area contributed by atoms with Crippen molar-refractivity contribution in [3.8, 4) is 28.6 Å². The molecule has 158 valence electrons. The Kier molecular flexibility index (Phi) is 5.69. The number of aromatic amines is 1. The molecule has 0 unspecified atom stereocenters. The van der Waals surface area contributed by atoms with Gasteiger partial charge in [-0.05, 0) is 24.3 Å². The zero-order valence-corrected chi connectivity index (χ0v) is 17.9. The molecular formula is C27H25N5. The van der Waals surface area contributed by atoms with Gasteiger partial charge in [-0.15, -0.1) is 0 Å². The summed E-state index contributed by atoms with van der Waals surface area (Å²) in [7, 11) is 0. The summed E-state index contributed by atoms with van der Waals surface area (Å²) in [6.45, 7) is 4.67. The van der Waals surface area contributed by atoms with Crippen molar-refractivity contribution in [1.29, 1.82) is 5.26 Å². The van der Waals surface area contributed by atoms with Gasteiger partial charge in [0.05, 0.1) is 29.6 Å². The predicted molar refractivity (Wildman–Crippen MR) is 128 cm³/mol. The molecule has 5 rings (SSSR count). The van der Waals surface area contributed by atoms with Crippen LogP contribution in [-0.2, 0) is 6.54 Å². The third kappa shape index (κ3) is 4.27. The number of piperazine rings is 1. The van der Waals surface area contributed by atoms with Gasteiger partial charge in [0.15, 0.2) is 0 Å². The first-order valence-electron chi connectivity index (χ1n) is 11.0. The SMILES string of the molecule is N#Cc1ccc(N2CCN(Cc3nc(-c4ccccc4)c(-c4ccccc4)[nH]3)CC2)cc1. The molecule has 32 heavy (non-hydrogen) atoms. The van der Waals surface area contributed by atoms with Gasteiger partial charge in [0.25, 0.3) is 0 Å². The lowest BCUT2D eigenvalue weighted by molar-refractivity contribution is 0.245. The molecule has 0 bridgehead atoms. The van der Waals surface area contributed by atoms with Crippen LogP contribution in [0.25, 0.3) is 22.5 Å². The van der Waals surface area contributed by atoms with E-state index >= 15 is 0 Å². The van der Waals surface area contributed by atoms with Crippen molar-refractivity contribution in [2.45, 2.75) is 6.54 Å². The van der Waals surface area contributed by atoms with Crippen LogP contribution in [0.4, 0.5) is 5.69 Å². The fraction of sp³-hybridized carbons (Fsp3) is 0.185. The van der Waals surface area contributed by atoms with Crippen molar-refractivity contribution >= 4 is 5.69 Å². The van der Waals surface area contributed by atoms with E-state index in [0.29, 0.717) is 5.56 Å². The summed E-state index contributed by atoms with van der Waals surface area (Å²) in [6.07, 6.45) is 0. The number of aromatic nitrogens is 2. The Labute approximate surface area is 188 Å². The summed E-state index contributed by atoms with van der Waals surface area (Å²) in [5.41, 5.74) is 6.23. The van der Waals surface area contributed by atoms with Gasteiger partial charge in [0, 0.05) is 43.0 Å². The molecule has 5 heteroatoms. The second kappa shape index (κ2) is 9.09. The lowest BCUT2D eigenvalue weighted by atomic mass is 10.1. The summed E-state index contributed by atoms with van der Waals surface area (Å²) in [4.78, 5) is 13.4. The van der Waals surface area contributed by atoms with E-state index in [0.717, 1.165) is 61.1 Å². The van der Waals surface area contributed by atoms with Crippen molar-refractivity contribution < 1.29 is 0 Å². The van der Waals surface area contributed by atoms with Gasteiger partial charge in [-0.3, -0.25) is 4.90 Å². The molecule has 1 fully saturated rings. The molecule has 0 saturated carbocycles. The Balaban J connectivity index is 1.32. The monoisotopic (exact) mass is 419 g/mol. The normalized spacial score (nSPS) is 14.3. The number of rotatable bonds is 5. The molecule has 1 N–H and O–H groups in total. The fourth-order valence-corrected chi connectivity index (χ4v) is 4.24. The quantitative estimate of drug-likeness (QED) is 0.498. The Morgan fingerprint density at radius 3 is 2.03 bits per heavy atom. The molecule has 0 aliphatic carbocycles. The third-order valence-corrected chi connectivity index (χ3v) is 5.97. The summed E-state index contributed by atoms with van der Waals surface area (Å²) >= 11 is 0. The van der Waals surface area contributed by atoms with Crippen LogP contribution in [0.5, 0.6) is 0 Å². The van der Waals surface area contributed by atoms with Gasteiger partial charge in [-0.25, -0.2) is 4.98 Å². The van der Waals surface area contributed by atoms with Gasteiger partial charge in [0.2, 0.25) is 0 Å². The van der Waals surface area contributed by atoms with Crippen molar-refractivity contribution in [3.63, 3.8) is 0 Å². The highest BCUT2D eigenvalue weighted by Gasteiger charge is 2.20. The summed E-state index contributed by atoms with van der Waals surface area (Å²) in [5, 5.41) is 9.00. The number of nitrogens with one attached hydrogen (secondary N) is 1. The Morgan fingerprint density at radius 1 is 0.781 bits per heavy atom. The van der Waals surface area contributed by atoms with Crippen molar-refractivity contribution in [1.82, 2.24) is 14.9 Å². The molecule has 4 aromatic rings. The zero-order chi connectivity index (χ0) is 21.8. The van der Waals surface area contributed by atoms with Gasteiger partial charge >= 0.3 is 0 Å². The Morgan fingerprint density at radius 2 is 1.41 bits per heavy atom. The molecule has 1 saturated heterocycles. The summed E-state index contributed by atoms with van der Waals surface area (Å²) in [5.74, 6) is 0.995. The van der Waals surface area contributed by atoms with Crippen LogP contribution in [0, 0.1) is 11.3 Å². The standard InChI is InChI=1S/C27H25N5/c28-19-21-11-13-24(14-12-21)32-17-15-31(16-18-32)20-25-29-26(22-7-3-1-4-8-22)27(30-25)23-9-5-2-6-10-23/h1-14H,15-18,20H2,(H,29,30). The molecule has 0 amide bonds. The van der Waals surface area contributed by atoms with Crippen molar-refractivity contribution in [2.24, 2.45) is 0 Å². The van der Waals surface area contributed by atoms with Gasteiger partial charge in [0.1, 0.15) is 5.82 Å². The van der Waals surface area contributed by atoms with Crippen molar-refractivity contribution in [3.05, 3.63) is 96.3 Å². The van der Waals surface area contributed by atoms with E-state index in [1.54, 1.807) is 0 Å². The molecular weight excluding hydrogens is 394 g/mol. The minimum Gasteiger partial charge on any atom is -0.369 e. The molecule has 2 heterocycles. The minimum atomic E-state index is 0.702. The Hall–Kier alpha value is -3.88. The van der Waals surface area contributed by atoms with E-state index in [1.807, 2.05) is 36.4 Å². The van der Waals surface area contributed by atoms with Crippen LogP contribution in [0.15, 0.2) is 84.9 Å². The zero-order valence-electron chi connectivity index (χ0n) is 17.9. The van der Waals surface area contributed by atoms with Gasteiger partial charge in [-0.1, -0.05) is 60.7 Å². The van der Waals surface area contributed by atoms with E-state index in [2.05, 4.69) is 69.4 Å². The molecule has 1 aliphatic heterocycles. The third-order valence-electron chi connectivity index (χ3n) is 5.97. The van der Waals surface area contributed by atoms with E-state index in [-0.39, 0.29) is 0 Å². The van der Waals surface area contributed by atoms with Gasteiger partial charge in [-0.2, -0.15) is 5.26 Å². The number of imidazole rings is 1. The molecule has 0 atom stereocenters. The minimum absolute atomic E-state index is 0.702. The average Bonchev–Trinajstić information content (AvgIpc) is 3.29. The number of nitrogens with zero attached hydrogens (tertiary/aromatic N) is 4. The lowest BCUT2D eigenvalue weighted by Crippen LogP contribution is -2.46. The molecule has 5 nitrogen and oxygen atoms in total. The van der Waals surface area contributed by atoms with Gasteiger partial charge < -0.3 is 9.88 Å². The first-order chi connectivity index (χ1) is 15.8. The highest BCUT2D eigenvalue weighted by molar-refractivity contribution is 5.78. The highest BCUT2D eigenvalue weighted by atomic mass is 15.3. The Bertz CT molecular complexity index is 1140. The van der Waals surface area contributed by atoms with E-state index in [1.165, 1.54) is 5.69 Å². The van der Waals surface area contributed by atoms with Crippen LogP contribution in [0.1, 0.15) is 11.4 Å². The largest absolute Gasteiger partial charge is 0.369 e. The number of anilines is 1. The molecule has 0 radical (unpaired) electrons. The smallest absolute Gasteiger partial charge is 0.121 e. The number of benzene rings is 3. The maximum atomic E-state index is 9.00. The molecule has 1 aromatic heterocycles. The van der Waals surface area contributed by atoms with E-state index < -0.39 is 0 Å². The maximum absolute atomic E-state index is 9.00. The van der Waals surface area contributed by atoms with Crippen LogP contribution >= 0.6 is 0 Å². The first-order valence-corrected chi connectivity index (χ1v) is 11.0. The first kappa shape index (κ1) is 20.0. The van der Waals surface area contributed by atoms with Crippen LogP contribution in [0.2, 0.25) is 0 Å². The van der Waals surface area contributed by atoms with E-state index in [9.17, 15) is 0 Å². The van der Waals surface area contributed by atoms with Crippen LogP contribution in [0.3, 0.4) is 0 Å². The number of nitriles is 1. The number of hydrogen-bond donors (Lipinski definition) is 1. The number of hydrogen-bond acceptors (Lipinski definition) is 4. The highest BCUT2D eigenvalue weighted by Crippen LogP contribution is 2.30. The molecule has 1 aliphatic rings. The molecule has 3 aromatic carbocycles. The average molecular weight is 420 g/mol.